The predicted octanol–water partition coefficient (Wildman–Crippen LogP) is -3.07. The second kappa shape index (κ2) is 777. The number of rotatable bonds is 0. The molecule has 3 nitrogen and oxygen atoms in total. The Kier molecular flexibility index (Phi) is 2870. The molecule has 0 aromatic rings. The van der Waals surface area contributed by atoms with Gasteiger partial charge in [-0.2, -0.15) is 21.3 Å². The van der Waals surface area contributed by atoms with Gasteiger partial charge in [0, 0.05) is 0 Å². The molecule has 0 aliphatic carbocycles. The van der Waals surface area contributed by atoms with E-state index in [2.05, 4.69) is 0 Å². The molecule has 0 saturated heterocycles. The van der Waals surface area contributed by atoms with Gasteiger partial charge in [-0.25, -0.2) is 0 Å². The van der Waals surface area contributed by atoms with Gasteiger partial charge >= 0.3 is 19.5 Å². The Bertz CT molecular complexity index is 10.1. The van der Waals surface area contributed by atoms with Crippen LogP contribution < -0.4 is 15.3 Å². The summed E-state index contributed by atoms with van der Waals surface area (Å²) in [6, 6.07) is 0. The van der Waals surface area contributed by atoms with Crippen LogP contribution in [0.2, 0.25) is 0 Å². The third-order valence-electron chi connectivity index (χ3n) is 0. The van der Waals surface area contributed by atoms with Crippen LogP contribution in [0.1, 0.15) is 0 Å². The third kappa shape index (κ3) is 521. The molecule has 0 saturated carbocycles. The minimum Gasteiger partial charge on any atom is -0.857 e. The van der Waals surface area contributed by atoms with Crippen LogP contribution in [0.4, 0.5) is 0 Å². The van der Waals surface area contributed by atoms with E-state index in [9.17, 15) is 0 Å². The normalized spacial score (nSPS) is 2.57. The fraction of sp³-hybridized carbons (Fsp3) is 1.00. The largest absolute Gasteiger partial charge is 3.00 e. The zero-order valence-electron chi connectivity index (χ0n) is 4.58. The van der Waals surface area contributed by atoms with E-state index < -0.39 is 0 Å². The van der Waals surface area contributed by atoms with Crippen LogP contribution in [0.5, 0.6) is 0 Å². The fourth-order valence-electron chi connectivity index (χ4n) is 0. The van der Waals surface area contributed by atoms with Crippen molar-refractivity contribution in [2.75, 3.05) is 21.3 Å². The predicted molar refractivity (Wildman–Crippen MR) is 17.8 cm³/mol. The first-order valence-electron chi connectivity index (χ1n) is 1.22. The molecule has 0 bridgehead atoms. The van der Waals surface area contributed by atoms with Crippen molar-refractivity contribution in [1.82, 2.24) is 0 Å². The molecule has 0 unspecified atom stereocenters. The van der Waals surface area contributed by atoms with E-state index in [1.807, 2.05) is 0 Å². The number of hydrogen-bond acceptors (Lipinski definition) is 3. The summed E-state index contributed by atoms with van der Waals surface area (Å²) < 4.78 is 0. The van der Waals surface area contributed by atoms with Crippen LogP contribution in [0.25, 0.3) is 0 Å². The van der Waals surface area contributed by atoms with Gasteiger partial charge in [0.25, 0.3) is 0 Å². The molecular weight excluding hydrogens is 185 g/mol. The molecular formula is C3H9O3Ru. The van der Waals surface area contributed by atoms with Crippen LogP contribution in [0.15, 0.2) is 0 Å². The smallest absolute Gasteiger partial charge is 0.857 e. The second-order valence-corrected chi connectivity index (χ2v) is 0. The fourth-order valence-corrected chi connectivity index (χ4v) is 0. The average Bonchev–Trinajstić information content (AvgIpc) is 1.81. The molecule has 0 aliphatic heterocycles. The van der Waals surface area contributed by atoms with Gasteiger partial charge < -0.3 is 15.3 Å². The topological polar surface area (TPSA) is 69.2 Å². The van der Waals surface area contributed by atoms with Gasteiger partial charge in [-0.3, -0.25) is 0 Å². The summed E-state index contributed by atoms with van der Waals surface area (Å²) in [5.74, 6) is 0. The molecule has 0 heterocycles. The second-order valence-electron chi connectivity index (χ2n) is 0. The van der Waals surface area contributed by atoms with Crippen LogP contribution in [0, 0.1) is 0 Å². The van der Waals surface area contributed by atoms with E-state index in [1.165, 1.54) is 0 Å². The van der Waals surface area contributed by atoms with Gasteiger partial charge in [0.1, 0.15) is 0 Å². The minimum atomic E-state index is 0. The maximum Gasteiger partial charge on any atom is 3.00 e. The summed E-state index contributed by atoms with van der Waals surface area (Å²) >= 11 is 0. The number of hydrogen-bond donors (Lipinski definition) is 0. The SMILES string of the molecule is C[O-].C[O-].C[O-].[Ru+3]. The van der Waals surface area contributed by atoms with Crippen molar-refractivity contribution in [1.29, 1.82) is 0 Å². The van der Waals surface area contributed by atoms with Gasteiger partial charge in [0.15, 0.2) is 0 Å². The summed E-state index contributed by atoms with van der Waals surface area (Å²) in [5, 5.41) is 24.8. The molecule has 0 aliphatic rings. The van der Waals surface area contributed by atoms with Crippen LogP contribution in [-0.4, -0.2) is 21.3 Å². The van der Waals surface area contributed by atoms with Gasteiger partial charge in [-0.15, -0.1) is 0 Å². The Labute approximate surface area is 56.7 Å². The Morgan fingerprint density at radius 3 is 0.571 bits per heavy atom. The van der Waals surface area contributed by atoms with Crippen molar-refractivity contribution in [3.8, 4) is 0 Å². The van der Waals surface area contributed by atoms with Gasteiger partial charge in [0.2, 0.25) is 0 Å². The van der Waals surface area contributed by atoms with Crippen LogP contribution >= 0.6 is 0 Å². The Morgan fingerprint density at radius 2 is 0.571 bits per heavy atom. The molecule has 1 radical (unpaired) electrons. The molecule has 47 valence electrons. The molecule has 0 atom stereocenters. The van der Waals surface area contributed by atoms with Crippen LogP contribution in [0.3, 0.4) is 0 Å². The minimum absolute atomic E-state index is 0. The molecule has 0 amide bonds. The summed E-state index contributed by atoms with van der Waals surface area (Å²) in [4.78, 5) is 0. The molecule has 0 aromatic carbocycles. The van der Waals surface area contributed by atoms with Crippen molar-refractivity contribution in [3.63, 3.8) is 0 Å². The molecule has 0 N–H and O–H groups in total. The Hall–Kier alpha value is 0.503. The van der Waals surface area contributed by atoms with Crippen molar-refractivity contribution in [3.05, 3.63) is 0 Å². The van der Waals surface area contributed by atoms with Gasteiger partial charge in [0.05, 0.1) is 0 Å². The molecule has 4 heteroatoms. The van der Waals surface area contributed by atoms with E-state index in [1.54, 1.807) is 0 Å². The molecule has 7 heavy (non-hydrogen) atoms. The zero-order valence-corrected chi connectivity index (χ0v) is 6.32. The van der Waals surface area contributed by atoms with E-state index >= 15 is 0 Å². The zero-order chi connectivity index (χ0) is 6.00. The van der Waals surface area contributed by atoms with Gasteiger partial charge in [-0.05, 0) is 0 Å². The summed E-state index contributed by atoms with van der Waals surface area (Å²) in [6.07, 6.45) is 0. The van der Waals surface area contributed by atoms with Crippen LogP contribution in [-0.2, 0) is 19.5 Å². The summed E-state index contributed by atoms with van der Waals surface area (Å²) in [5.41, 5.74) is 0. The maximum absolute atomic E-state index is 8.25. The molecule has 0 spiro atoms. The average molecular weight is 194 g/mol. The maximum atomic E-state index is 8.25. The quantitative estimate of drug-likeness (QED) is 0.384. The Morgan fingerprint density at radius 1 is 0.571 bits per heavy atom. The van der Waals surface area contributed by atoms with Crippen molar-refractivity contribution >= 4 is 0 Å². The first-order chi connectivity index (χ1) is 3.00. The first-order valence-corrected chi connectivity index (χ1v) is 1.22. The first kappa shape index (κ1) is 25.9. The standard InChI is InChI=1S/3CH3O.Ru/c3*1-2;/h3*1H3;/q3*-1;+3. The van der Waals surface area contributed by atoms with Gasteiger partial charge in [-0.1, -0.05) is 0 Å². The third-order valence-corrected chi connectivity index (χ3v) is 0. The molecule has 0 aromatic heterocycles. The summed E-state index contributed by atoms with van der Waals surface area (Å²) in [7, 11) is 2.25. The Balaban J connectivity index is -0.00000000900. The van der Waals surface area contributed by atoms with E-state index in [0.29, 0.717) is 0 Å². The van der Waals surface area contributed by atoms with Crippen molar-refractivity contribution in [2.24, 2.45) is 0 Å². The van der Waals surface area contributed by atoms with E-state index in [0.717, 1.165) is 21.3 Å². The van der Waals surface area contributed by atoms with Crippen molar-refractivity contribution < 1.29 is 34.8 Å². The monoisotopic (exact) mass is 195 g/mol. The van der Waals surface area contributed by atoms with Crippen molar-refractivity contribution in [2.45, 2.75) is 0 Å². The summed E-state index contributed by atoms with van der Waals surface area (Å²) in [6.45, 7) is 0. The molecule has 0 rings (SSSR count). The van der Waals surface area contributed by atoms with E-state index in [-0.39, 0.29) is 19.5 Å². The van der Waals surface area contributed by atoms with E-state index in [4.69, 9.17) is 15.3 Å². The molecule has 0 fully saturated rings.